The van der Waals surface area contributed by atoms with Gasteiger partial charge in [-0.05, 0) is 55.1 Å². The Morgan fingerprint density at radius 1 is 0.929 bits per heavy atom. The molecule has 2 aliphatic heterocycles. The van der Waals surface area contributed by atoms with Crippen LogP contribution in [0.15, 0.2) is 36.4 Å². The van der Waals surface area contributed by atoms with Crippen LogP contribution in [0.4, 0.5) is 4.39 Å². The highest BCUT2D eigenvalue weighted by atomic mass is 19.1. The summed E-state index contributed by atoms with van der Waals surface area (Å²) < 4.78 is 27.9. The van der Waals surface area contributed by atoms with Crippen LogP contribution in [0.5, 0.6) is 11.5 Å². The van der Waals surface area contributed by atoms with Gasteiger partial charge in [-0.15, -0.1) is 0 Å². The highest BCUT2D eigenvalue weighted by molar-refractivity contribution is 5.94. The van der Waals surface area contributed by atoms with Gasteiger partial charge in [-0.3, -0.25) is 0 Å². The molecular formula is C23H25FN2O2. The largest absolute Gasteiger partial charge is 0.489 e. The minimum absolute atomic E-state index is 0.270. The summed E-state index contributed by atoms with van der Waals surface area (Å²) in [4.78, 5) is 0. The highest BCUT2D eigenvalue weighted by Crippen LogP contribution is 2.39. The summed E-state index contributed by atoms with van der Waals surface area (Å²) in [7, 11) is 0. The van der Waals surface area contributed by atoms with Crippen molar-refractivity contribution < 1.29 is 13.9 Å². The van der Waals surface area contributed by atoms with Crippen molar-refractivity contribution in [2.24, 2.45) is 0 Å². The zero-order valence-electron chi connectivity index (χ0n) is 16.0. The maximum absolute atomic E-state index is 13.7. The summed E-state index contributed by atoms with van der Waals surface area (Å²) in [6.07, 6.45) is 4.44. The number of halogens is 1. The molecule has 3 aromatic rings. The normalized spacial score (nSPS) is 15.9. The van der Waals surface area contributed by atoms with Gasteiger partial charge >= 0.3 is 0 Å². The summed E-state index contributed by atoms with van der Waals surface area (Å²) in [6.45, 7) is 3.84. The maximum Gasteiger partial charge on any atom is 0.165 e. The van der Waals surface area contributed by atoms with Crippen LogP contribution in [0.25, 0.3) is 10.9 Å². The molecule has 1 N–H and O–H groups in total. The first-order chi connectivity index (χ1) is 13.8. The van der Waals surface area contributed by atoms with Gasteiger partial charge in [-0.2, -0.15) is 0 Å². The number of rotatable bonds is 5. The van der Waals surface area contributed by atoms with Crippen molar-refractivity contribution in [1.29, 1.82) is 0 Å². The van der Waals surface area contributed by atoms with Gasteiger partial charge in [-0.1, -0.05) is 18.2 Å². The molecule has 5 heteroatoms. The smallest absolute Gasteiger partial charge is 0.165 e. The predicted octanol–water partition coefficient (Wildman–Crippen LogP) is 3.87. The Bertz CT molecular complexity index is 1010. The molecule has 0 amide bonds. The maximum atomic E-state index is 13.7. The first-order valence-corrected chi connectivity index (χ1v) is 10.2. The fourth-order valence-electron chi connectivity index (χ4n) is 4.62. The van der Waals surface area contributed by atoms with Crippen molar-refractivity contribution >= 4 is 10.9 Å². The van der Waals surface area contributed by atoms with Gasteiger partial charge in [-0.25, -0.2) is 4.39 Å². The van der Waals surface area contributed by atoms with Gasteiger partial charge in [0.15, 0.2) is 11.6 Å². The molecular weight excluding hydrogens is 355 g/mol. The fraction of sp³-hybridized carbons (Fsp3) is 0.391. The van der Waals surface area contributed by atoms with E-state index in [0.29, 0.717) is 13.2 Å². The lowest BCUT2D eigenvalue weighted by Crippen LogP contribution is -2.18. The third-order valence-electron chi connectivity index (χ3n) is 5.82. The lowest BCUT2D eigenvalue weighted by molar-refractivity contribution is 0.213. The van der Waals surface area contributed by atoms with Crippen molar-refractivity contribution in [2.45, 2.75) is 32.2 Å². The number of ether oxygens (including phenoxy) is 2. The number of nitrogens with zero attached hydrogens (tertiary/aromatic N) is 1. The second-order valence-corrected chi connectivity index (χ2v) is 7.50. The van der Waals surface area contributed by atoms with Gasteiger partial charge in [0, 0.05) is 30.6 Å². The number of benzene rings is 2. The standard InChI is InChI=1S/C23H25FN2O2/c24-18-5-1-2-6-20(18)27-14-15-28-21-8-7-16-4-3-13-26-19-10-12-25-11-9-17(19)22(21)23(16)26/h1-2,5-8,25H,3-4,9-15H2. The van der Waals surface area contributed by atoms with E-state index in [1.54, 1.807) is 18.2 Å². The molecule has 0 bridgehead atoms. The van der Waals surface area contributed by atoms with E-state index in [1.165, 1.54) is 40.2 Å². The molecule has 2 aliphatic rings. The van der Waals surface area contributed by atoms with E-state index in [9.17, 15) is 4.39 Å². The van der Waals surface area contributed by atoms with Crippen LogP contribution in [0.2, 0.25) is 0 Å². The number of aromatic nitrogens is 1. The number of aryl methyl sites for hydroxylation is 2. The number of hydrogen-bond donors (Lipinski definition) is 1. The quantitative estimate of drug-likeness (QED) is 0.683. The van der Waals surface area contributed by atoms with Crippen LogP contribution in [-0.4, -0.2) is 30.9 Å². The molecule has 0 aliphatic carbocycles. The molecule has 0 fully saturated rings. The molecule has 0 atom stereocenters. The van der Waals surface area contributed by atoms with Crippen molar-refractivity contribution in [3.63, 3.8) is 0 Å². The molecule has 0 saturated carbocycles. The zero-order valence-corrected chi connectivity index (χ0v) is 16.0. The molecule has 0 unspecified atom stereocenters. The van der Waals surface area contributed by atoms with Gasteiger partial charge < -0.3 is 19.4 Å². The summed E-state index contributed by atoms with van der Waals surface area (Å²) in [5.41, 5.74) is 5.70. The van der Waals surface area contributed by atoms with E-state index in [1.807, 2.05) is 0 Å². The summed E-state index contributed by atoms with van der Waals surface area (Å²) in [6, 6.07) is 10.8. The minimum atomic E-state index is -0.341. The van der Waals surface area contributed by atoms with Crippen LogP contribution in [0.3, 0.4) is 0 Å². The van der Waals surface area contributed by atoms with Crippen molar-refractivity contribution in [1.82, 2.24) is 9.88 Å². The van der Waals surface area contributed by atoms with Crippen LogP contribution < -0.4 is 14.8 Å². The Labute approximate surface area is 164 Å². The Hall–Kier alpha value is -2.53. The molecule has 2 aromatic carbocycles. The van der Waals surface area contributed by atoms with E-state index in [2.05, 4.69) is 22.0 Å². The molecule has 0 spiro atoms. The highest BCUT2D eigenvalue weighted by Gasteiger charge is 2.25. The third kappa shape index (κ3) is 3.04. The number of fused-ring (bicyclic) bond motifs is 3. The summed E-state index contributed by atoms with van der Waals surface area (Å²) in [5, 5.41) is 4.79. The molecule has 28 heavy (non-hydrogen) atoms. The first kappa shape index (κ1) is 17.6. The van der Waals surface area contributed by atoms with E-state index in [4.69, 9.17) is 9.47 Å². The lowest BCUT2D eigenvalue weighted by atomic mass is 10.0. The Balaban J connectivity index is 1.42. The number of nitrogens with one attached hydrogen (secondary N) is 1. The minimum Gasteiger partial charge on any atom is -0.489 e. The topological polar surface area (TPSA) is 35.4 Å². The SMILES string of the molecule is Fc1ccccc1OCCOc1ccc2c3c1c1c(n3CCC2)CCNCC1. The Kier molecular flexibility index (Phi) is 4.69. The fourth-order valence-corrected chi connectivity index (χ4v) is 4.62. The predicted molar refractivity (Wildman–Crippen MR) is 108 cm³/mol. The third-order valence-corrected chi connectivity index (χ3v) is 5.82. The average molecular weight is 380 g/mol. The van der Waals surface area contributed by atoms with Crippen LogP contribution in [0, 0.1) is 5.82 Å². The zero-order chi connectivity index (χ0) is 18.9. The second-order valence-electron chi connectivity index (χ2n) is 7.50. The van der Waals surface area contributed by atoms with Gasteiger partial charge in [0.1, 0.15) is 19.0 Å². The molecule has 0 radical (unpaired) electrons. The molecule has 3 heterocycles. The van der Waals surface area contributed by atoms with E-state index in [-0.39, 0.29) is 11.6 Å². The first-order valence-electron chi connectivity index (χ1n) is 10.2. The summed E-state index contributed by atoms with van der Waals surface area (Å²) in [5.74, 6) is 0.855. The van der Waals surface area contributed by atoms with Crippen LogP contribution in [0.1, 0.15) is 23.2 Å². The summed E-state index contributed by atoms with van der Waals surface area (Å²) >= 11 is 0. The van der Waals surface area contributed by atoms with E-state index >= 15 is 0 Å². The molecule has 1 aromatic heterocycles. The van der Waals surface area contributed by atoms with Crippen molar-refractivity contribution in [3.8, 4) is 11.5 Å². The van der Waals surface area contributed by atoms with E-state index < -0.39 is 0 Å². The second kappa shape index (κ2) is 7.47. The molecule has 0 saturated heterocycles. The molecule has 146 valence electrons. The average Bonchev–Trinajstić information content (AvgIpc) is 2.88. The van der Waals surface area contributed by atoms with Crippen LogP contribution in [-0.2, 0) is 25.8 Å². The number of hydrogen-bond acceptors (Lipinski definition) is 3. The van der Waals surface area contributed by atoms with Gasteiger partial charge in [0.05, 0.1) is 5.52 Å². The Morgan fingerprint density at radius 2 is 1.75 bits per heavy atom. The lowest BCUT2D eigenvalue weighted by Gasteiger charge is -2.19. The molecule has 4 nitrogen and oxygen atoms in total. The van der Waals surface area contributed by atoms with Crippen LogP contribution >= 0.6 is 0 Å². The van der Waals surface area contributed by atoms with Gasteiger partial charge in [0.2, 0.25) is 0 Å². The van der Waals surface area contributed by atoms with Gasteiger partial charge in [0.25, 0.3) is 0 Å². The van der Waals surface area contributed by atoms with Crippen molar-refractivity contribution in [3.05, 3.63) is 59.0 Å². The van der Waals surface area contributed by atoms with E-state index in [0.717, 1.165) is 44.6 Å². The molecule has 5 rings (SSSR count). The monoisotopic (exact) mass is 380 g/mol. The number of para-hydroxylation sites is 1. The Morgan fingerprint density at radius 3 is 2.64 bits per heavy atom. The van der Waals surface area contributed by atoms with Crippen molar-refractivity contribution in [2.75, 3.05) is 26.3 Å².